The molecule has 2 amide bonds. The predicted octanol–water partition coefficient (Wildman–Crippen LogP) is 6.62. The van der Waals surface area contributed by atoms with Crippen LogP contribution in [-0.2, 0) is 11.3 Å². The lowest BCUT2D eigenvalue weighted by Gasteiger charge is -2.22. The van der Waals surface area contributed by atoms with Gasteiger partial charge in [-0.05, 0) is 53.9 Å². The number of nitrogens with zero attached hydrogens (tertiary/aromatic N) is 3. The van der Waals surface area contributed by atoms with Crippen molar-refractivity contribution in [3.05, 3.63) is 82.1 Å². The third-order valence-electron chi connectivity index (χ3n) is 5.84. The molecule has 10 heteroatoms. The van der Waals surface area contributed by atoms with Crippen LogP contribution >= 0.6 is 35.0 Å². The van der Waals surface area contributed by atoms with Crippen LogP contribution in [0, 0.1) is 5.92 Å². The molecule has 1 aromatic heterocycles. The SMILES string of the molecule is CCn1c(SCC(=O)Nc2ccc3ccccc3c2)nnc1[C@H](NC(=O)c1ccc(Cl)c(Cl)c1)C(C)C. The maximum absolute atomic E-state index is 12.9. The summed E-state index contributed by atoms with van der Waals surface area (Å²) >= 11 is 13.4. The Labute approximate surface area is 229 Å². The molecule has 7 nitrogen and oxygen atoms in total. The first-order valence-corrected chi connectivity index (χ1v) is 13.6. The van der Waals surface area contributed by atoms with Crippen LogP contribution in [0.25, 0.3) is 10.8 Å². The van der Waals surface area contributed by atoms with Crippen molar-refractivity contribution >= 4 is 63.2 Å². The van der Waals surface area contributed by atoms with Gasteiger partial charge in [-0.25, -0.2) is 0 Å². The lowest BCUT2D eigenvalue weighted by molar-refractivity contribution is -0.113. The highest BCUT2D eigenvalue weighted by Crippen LogP contribution is 2.27. The van der Waals surface area contributed by atoms with E-state index in [4.69, 9.17) is 23.2 Å². The second-order valence-corrected chi connectivity index (χ2v) is 10.6. The number of carbonyl (C=O) groups is 2. The van der Waals surface area contributed by atoms with E-state index in [1.807, 2.05) is 67.8 Å². The van der Waals surface area contributed by atoms with E-state index < -0.39 is 6.04 Å². The average Bonchev–Trinajstić information content (AvgIpc) is 3.29. The minimum atomic E-state index is -0.393. The maximum atomic E-state index is 12.9. The Kier molecular flexibility index (Phi) is 8.74. The first-order valence-electron chi connectivity index (χ1n) is 11.9. The van der Waals surface area contributed by atoms with Crippen LogP contribution < -0.4 is 10.6 Å². The van der Waals surface area contributed by atoms with Crippen LogP contribution in [0.1, 0.15) is 43.0 Å². The molecule has 37 heavy (non-hydrogen) atoms. The van der Waals surface area contributed by atoms with Crippen LogP contribution in [0.5, 0.6) is 0 Å². The summed E-state index contributed by atoms with van der Waals surface area (Å²) in [7, 11) is 0. The Balaban J connectivity index is 1.44. The highest BCUT2D eigenvalue weighted by molar-refractivity contribution is 7.99. The van der Waals surface area contributed by atoms with Gasteiger partial charge in [0, 0.05) is 17.8 Å². The van der Waals surface area contributed by atoms with Crippen molar-refractivity contribution in [3.8, 4) is 0 Å². The van der Waals surface area contributed by atoms with Gasteiger partial charge < -0.3 is 15.2 Å². The lowest BCUT2D eigenvalue weighted by Crippen LogP contribution is -2.33. The predicted molar refractivity (Wildman–Crippen MR) is 151 cm³/mol. The van der Waals surface area contributed by atoms with E-state index in [0.29, 0.717) is 33.1 Å². The summed E-state index contributed by atoms with van der Waals surface area (Å²) in [6, 6.07) is 18.2. The van der Waals surface area contributed by atoms with Gasteiger partial charge in [-0.2, -0.15) is 0 Å². The van der Waals surface area contributed by atoms with Gasteiger partial charge in [0.2, 0.25) is 5.91 Å². The van der Waals surface area contributed by atoms with Crippen molar-refractivity contribution in [2.75, 3.05) is 11.1 Å². The number of nitrogens with one attached hydrogen (secondary N) is 2. The molecule has 0 radical (unpaired) electrons. The van der Waals surface area contributed by atoms with E-state index in [-0.39, 0.29) is 23.5 Å². The Hall–Kier alpha value is -3.07. The van der Waals surface area contributed by atoms with Crippen LogP contribution in [-0.4, -0.2) is 32.3 Å². The zero-order chi connectivity index (χ0) is 26.5. The summed E-state index contributed by atoms with van der Waals surface area (Å²) in [6.07, 6.45) is 0. The number of anilines is 1. The second kappa shape index (κ2) is 12.0. The second-order valence-electron chi connectivity index (χ2n) is 8.81. The number of halogens is 2. The molecule has 0 saturated heterocycles. The zero-order valence-electron chi connectivity index (χ0n) is 20.7. The van der Waals surface area contributed by atoms with Gasteiger partial charge in [-0.3, -0.25) is 9.59 Å². The minimum Gasteiger partial charge on any atom is -0.342 e. The molecule has 0 aliphatic heterocycles. The van der Waals surface area contributed by atoms with Gasteiger partial charge >= 0.3 is 0 Å². The average molecular weight is 557 g/mol. The van der Waals surface area contributed by atoms with E-state index in [2.05, 4.69) is 20.8 Å². The molecule has 0 saturated carbocycles. The van der Waals surface area contributed by atoms with E-state index in [1.165, 1.54) is 17.8 Å². The van der Waals surface area contributed by atoms with Crippen molar-refractivity contribution < 1.29 is 9.59 Å². The lowest BCUT2D eigenvalue weighted by atomic mass is 10.0. The first kappa shape index (κ1) is 27.0. The van der Waals surface area contributed by atoms with Crippen molar-refractivity contribution in [1.29, 1.82) is 0 Å². The van der Waals surface area contributed by atoms with Crippen molar-refractivity contribution in [2.24, 2.45) is 5.92 Å². The number of fused-ring (bicyclic) bond motifs is 1. The summed E-state index contributed by atoms with van der Waals surface area (Å²) in [6.45, 7) is 6.56. The molecule has 1 heterocycles. The molecule has 0 fully saturated rings. The summed E-state index contributed by atoms with van der Waals surface area (Å²) in [5.41, 5.74) is 1.15. The Morgan fingerprint density at radius 2 is 1.73 bits per heavy atom. The minimum absolute atomic E-state index is 0.0373. The molecule has 1 atom stereocenters. The number of benzene rings is 3. The number of amides is 2. The zero-order valence-corrected chi connectivity index (χ0v) is 23.0. The molecule has 0 unspecified atom stereocenters. The van der Waals surface area contributed by atoms with E-state index in [1.54, 1.807) is 12.1 Å². The molecule has 0 aliphatic rings. The standard InChI is InChI=1S/C27H27Cl2N5O2S/c1-4-34-25(24(16(2)3)31-26(36)19-10-12-21(28)22(29)14-19)32-33-27(34)37-15-23(35)30-20-11-9-17-7-5-6-8-18(17)13-20/h5-14,16,24H,4,15H2,1-3H3,(H,30,35)(H,31,36)/t24-/m1/s1. The third kappa shape index (κ3) is 6.44. The van der Waals surface area contributed by atoms with Crippen molar-refractivity contribution in [2.45, 2.75) is 38.5 Å². The number of thioether (sulfide) groups is 1. The van der Waals surface area contributed by atoms with Gasteiger partial charge in [0.05, 0.1) is 21.8 Å². The number of hydrogen-bond donors (Lipinski definition) is 2. The largest absolute Gasteiger partial charge is 0.342 e. The summed E-state index contributed by atoms with van der Waals surface area (Å²) < 4.78 is 1.92. The normalized spacial score (nSPS) is 12.1. The van der Waals surface area contributed by atoms with Crippen molar-refractivity contribution in [3.63, 3.8) is 0 Å². The summed E-state index contributed by atoms with van der Waals surface area (Å²) in [4.78, 5) is 25.6. The molecule has 0 aliphatic carbocycles. The van der Waals surface area contributed by atoms with Crippen LogP contribution in [0.2, 0.25) is 10.0 Å². The smallest absolute Gasteiger partial charge is 0.251 e. The molecular formula is C27H27Cl2N5O2S. The fourth-order valence-electron chi connectivity index (χ4n) is 3.92. The molecule has 4 rings (SSSR count). The number of hydrogen-bond acceptors (Lipinski definition) is 5. The highest BCUT2D eigenvalue weighted by atomic mass is 35.5. The monoisotopic (exact) mass is 555 g/mol. The van der Waals surface area contributed by atoms with Gasteiger partial charge in [0.25, 0.3) is 5.91 Å². The van der Waals surface area contributed by atoms with Crippen molar-refractivity contribution in [1.82, 2.24) is 20.1 Å². The fourth-order valence-corrected chi connectivity index (χ4v) is 5.03. The molecule has 4 aromatic rings. The molecule has 0 bridgehead atoms. The Morgan fingerprint density at radius 3 is 2.43 bits per heavy atom. The molecule has 192 valence electrons. The van der Waals surface area contributed by atoms with E-state index >= 15 is 0 Å². The van der Waals surface area contributed by atoms with Crippen LogP contribution in [0.4, 0.5) is 5.69 Å². The van der Waals surface area contributed by atoms with Crippen LogP contribution in [0.15, 0.2) is 65.8 Å². The third-order valence-corrected chi connectivity index (χ3v) is 7.55. The van der Waals surface area contributed by atoms with E-state index in [0.717, 1.165) is 16.5 Å². The Bertz CT molecular complexity index is 1440. The van der Waals surface area contributed by atoms with Gasteiger partial charge in [-0.1, -0.05) is 79.1 Å². The number of aromatic nitrogens is 3. The molecule has 3 aromatic carbocycles. The molecule has 0 spiro atoms. The number of carbonyl (C=O) groups excluding carboxylic acids is 2. The van der Waals surface area contributed by atoms with Gasteiger partial charge in [0.1, 0.15) is 0 Å². The highest BCUT2D eigenvalue weighted by Gasteiger charge is 2.26. The number of rotatable bonds is 9. The maximum Gasteiger partial charge on any atom is 0.251 e. The van der Waals surface area contributed by atoms with E-state index in [9.17, 15) is 9.59 Å². The molecular weight excluding hydrogens is 529 g/mol. The first-order chi connectivity index (χ1) is 17.8. The van der Waals surface area contributed by atoms with Gasteiger partial charge in [-0.15, -0.1) is 10.2 Å². The Morgan fingerprint density at radius 1 is 0.973 bits per heavy atom. The summed E-state index contributed by atoms with van der Waals surface area (Å²) in [5, 5.41) is 18.2. The molecule has 2 N–H and O–H groups in total. The summed E-state index contributed by atoms with van der Waals surface area (Å²) in [5.74, 6) is 0.416. The fraction of sp³-hybridized carbons (Fsp3) is 0.259. The quantitative estimate of drug-likeness (QED) is 0.226. The van der Waals surface area contributed by atoms with Gasteiger partial charge in [0.15, 0.2) is 11.0 Å². The topological polar surface area (TPSA) is 88.9 Å². The van der Waals surface area contributed by atoms with Crippen LogP contribution in [0.3, 0.4) is 0 Å².